The fourth-order valence-corrected chi connectivity index (χ4v) is 2.20. The molecule has 1 aliphatic rings. The lowest BCUT2D eigenvalue weighted by atomic mass is 10.1. The van der Waals surface area contributed by atoms with Gasteiger partial charge in [-0.05, 0) is 13.8 Å². The van der Waals surface area contributed by atoms with Gasteiger partial charge in [0.15, 0.2) is 5.82 Å². The third-order valence-electron chi connectivity index (χ3n) is 3.20. The van der Waals surface area contributed by atoms with E-state index in [0.717, 1.165) is 23.5 Å². The third-order valence-corrected chi connectivity index (χ3v) is 3.20. The first-order valence-electron chi connectivity index (χ1n) is 6.42. The van der Waals surface area contributed by atoms with E-state index in [4.69, 9.17) is 4.52 Å². The Bertz CT molecular complexity index is 652. The number of hydrogen-bond donors (Lipinski definition) is 1. The lowest BCUT2D eigenvalue weighted by Crippen LogP contribution is -2.39. The van der Waals surface area contributed by atoms with E-state index in [2.05, 4.69) is 20.4 Å². The van der Waals surface area contributed by atoms with Crippen molar-refractivity contribution >= 4 is 11.8 Å². The van der Waals surface area contributed by atoms with Crippen LogP contribution in [0.2, 0.25) is 0 Å². The summed E-state index contributed by atoms with van der Waals surface area (Å²) < 4.78 is 4.92. The predicted octanol–water partition coefficient (Wildman–Crippen LogP) is 1.67. The number of nitrogens with one attached hydrogen (secondary N) is 1. The maximum atomic E-state index is 12.1. The zero-order chi connectivity index (χ0) is 14.1. The Kier molecular flexibility index (Phi) is 3.09. The summed E-state index contributed by atoms with van der Waals surface area (Å²) in [6.07, 6.45) is 2.53. The average Bonchev–Trinajstić information content (AvgIpc) is 2.83. The Labute approximate surface area is 116 Å². The van der Waals surface area contributed by atoms with E-state index in [0.29, 0.717) is 24.7 Å². The number of rotatable bonds is 1. The van der Waals surface area contributed by atoms with E-state index in [1.165, 1.54) is 0 Å². The average molecular weight is 273 g/mol. The summed E-state index contributed by atoms with van der Waals surface area (Å²) in [7, 11) is 0. The summed E-state index contributed by atoms with van der Waals surface area (Å²) in [5.74, 6) is 1.85. The number of amides is 2. The van der Waals surface area contributed by atoms with Crippen molar-refractivity contribution in [1.82, 2.24) is 20.0 Å². The van der Waals surface area contributed by atoms with Crippen LogP contribution in [0.4, 0.5) is 10.6 Å². The van der Waals surface area contributed by atoms with Gasteiger partial charge >= 0.3 is 6.03 Å². The van der Waals surface area contributed by atoms with Crippen molar-refractivity contribution in [2.75, 3.05) is 11.9 Å². The molecule has 2 aromatic heterocycles. The van der Waals surface area contributed by atoms with Gasteiger partial charge in [0.25, 0.3) is 0 Å². The summed E-state index contributed by atoms with van der Waals surface area (Å²) in [4.78, 5) is 22.4. The second-order valence-electron chi connectivity index (χ2n) is 4.81. The van der Waals surface area contributed by atoms with Crippen molar-refractivity contribution in [3.8, 4) is 0 Å². The molecular weight excluding hydrogens is 258 g/mol. The zero-order valence-electron chi connectivity index (χ0n) is 11.4. The molecule has 104 valence electrons. The van der Waals surface area contributed by atoms with Crippen LogP contribution in [-0.4, -0.2) is 32.6 Å². The summed E-state index contributed by atoms with van der Waals surface area (Å²) in [6, 6.07) is 1.49. The van der Waals surface area contributed by atoms with Gasteiger partial charge in [-0.2, -0.15) is 0 Å². The summed E-state index contributed by atoms with van der Waals surface area (Å²) >= 11 is 0. The van der Waals surface area contributed by atoms with Gasteiger partial charge in [-0.1, -0.05) is 5.16 Å². The van der Waals surface area contributed by atoms with Crippen molar-refractivity contribution in [2.45, 2.75) is 26.8 Å². The fourth-order valence-electron chi connectivity index (χ4n) is 2.20. The quantitative estimate of drug-likeness (QED) is 0.854. The number of aromatic nitrogens is 3. The second-order valence-corrected chi connectivity index (χ2v) is 4.81. The van der Waals surface area contributed by atoms with Gasteiger partial charge in [0.1, 0.15) is 11.6 Å². The topological polar surface area (TPSA) is 84.2 Å². The first-order chi connectivity index (χ1) is 9.61. The van der Waals surface area contributed by atoms with Crippen LogP contribution in [0, 0.1) is 13.8 Å². The molecule has 0 aromatic carbocycles. The molecule has 2 amide bonds. The highest BCUT2D eigenvalue weighted by Gasteiger charge is 2.22. The highest BCUT2D eigenvalue weighted by Crippen LogP contribution is 2.17. The number of nitrogens with zero attached hydrogens (tertiary/aromatic N) is 4. The lowest BCUT2D eigenvalue weighted by molar-refractivity contribution is 0.205. The summed E-state index contributed by atoms with van der Waals surface area (Å²) in [5.41, 5.74) is 2.02. The van der Waals surface area contributed by atoms with E-state index in [1.54, 1.807) is 24.1 Å². The van der Waals surface area contributed by atoms with E-state index in [-0.39, 0.29) is 6.03 Å². The van der Waals surface area contributed by atoms with Crippen molar-refractivity contribution in [1.29, 1.82) is 0 Å². The van der Waals surface area contributed by atoms with Gasteiger partial charge in [-0.25, -0.2) is 14.8 Å². The van der Waals surface area contributed by atoms with E-state index < -0.39 is 0 Å². The Morgan fingerprint density at radius 2 is 2.30 bits per heavy atom. The molecule has 0 spiro atoms. The zero-order valence-corrected chi connectivity index (χ0v) is 11.4. The van der Waals surface area contributed by atoms with Crippen LogP contribution < -0.4 is 5.32 Å². The third kappa shape index (κ3) is 2.47. The van der Waals surface area contributed by atoms with Gasteiger partial charge in [0.2, 0.25) is 0 Å². The van der Waals surface area contributed by atoms with Crippen LogP contribution in [0.1, 0.15) is 22.8 Å². The van der Waals surface area contributed by atoms with Crippen LogP contribution >= 0.6 is 0 Å². The highest BCUT2D eigenvalue weighted by atomic mass is 16.5. The standard InChI is InChI=1S/C13H15N5O2/c1-8-5-12(17-20-8)16-13(19)18-4-3-11-10(7-18)6-14-9(2)15-11/h5-6H,3-4,7H2,1-2H3,(H,16,17,19). The van der Waals surface area contributed by atoms with Crippen molar-refractivity contribution in [3.63, 3.8) is 0 Å². The molecule has 0 fully saturated rings. The van der Waals surface area contributed by atoms with Crippen LogP contribution in [0.3, 0.4) is 0 Å². The normalized spacial score (nSPS) is 14.0. The van der Waals surface area contributed by atoms with E-state index >= 15 is 0 Å². The predicted molar refractivity (Wildman–Crippen MR) is 71.1 cm³/mol. The van der Waals surface area contributed by atoms with Crippen LogP contribution in [0.15, 0.2) is 16.8 Å². The molecule has 7 nitrogen and oxygen atoms in total. The minimum atomic E-state index is -0.190. The summed E-state index contributed by atoms with van der Waals surface area (Å²) in [6.45, 7) is 4.79. The maximum Gasteiger partial charge on any atom is 0.323 e. The number of aryl methyl sites for hydroxylation is 2. The van der Waals surface area contributed by atoms with Gasteiger partial charge < -0.3 is 9.42 Å². The molecule has 0 unspecified atom stereocenters. The molecule has 0 atom stereocenters. The number of hydrogen-bond acceptors (Lipinski definition) is 5. The molecular formula is C13H15N5O2. The minimum absolute atomic E-state index is 0.190. The summed E-state index contributed by atoms with van der Waals surface area (Å²) in [5, 5.41) is 6.46. The number of carbonyl (C=O) groups excluding carboxylic acids is 1. The van der Waals surface area contributed by atoms with Crippen LogP contribution in [0.25, 0.3) is 0 Å². The molecule has 20 heavy (non-hydrogen) atoms. The Hall–Kier alpha value is -2.44. The van der Waals surface area contributed by atoms with Gasteiger partial charge in [-0.15, -0.1) is 0 Å². The monoisotopic (exact) mass is 273 g/mol. The first kappa shape index (κ1) is 12.6. The van der Waals surface area contributed by atoms with Crippen molar-refractivity contribution < 1.29 is 9.32 Å². The molecule has 7 heteroatoms. The van der Waals surface area contributed by atoms with Gasteiger partial charge in [0.05, 0.1) is 12.2 Å². The Balaban J connectivity index is 1.70. The van der Waals surface area contributed by atoms with Crippen LogP contribution in [0.5, 0.6) is 0 Å². The molecule has 0 saturated heterocycles. The smallest absolute Gasteiger partial charge is 0.323 e. The van der Waals surface area contributed by atoms with E-state index in [1.807, 2.05) is 6.92 Å². The maximum absolute atomic E-state index is 12.1. The molecule has 3 heterocycles. The first-order valence-corrected chi connectivity index (χ1v) is 6.42. The number of urea groups is 1. The highest BCUT2D eigenvalue weighted by molar-refractivity contribution is 5.88. The molecule has 0 saturated carbocycles. The molecule has 2 aromatic rings. The number of carbonyl (C=O) groups is 1. The minimum Gasteiger partial charge on any atom is -0.360 e. The van der Waals surface area contributed by atoms with Crippen molar-refractivity contribution in [2.24, 2.45) is 0 Å². The second kappa shape index (κ2) is 4.92. The molecule has 1 aliphatic heterocycles. The van der Waals surface area contributed by atoms with Gasteiger partial charge in [0, 0.05) is 30.8 Å². The SMILES string of the molecule is Cc1ncc2c(n1)CCN(C(=O)Nc1cc(C)on1)C2. The molecule has 0 aliphatic carbocycles. The lowest BCUT2D eigenvalue weighted by Gasteiger charge is -2.27. The van der Waals surface area contributed by atoms with Crippen LogP contribution in [-0.2, 0) is 13.0 Å². The number of fused-ring (bicyclic) bond motifs is 1. The molecule has 0 bridgehead atoms. The Morgan fingerprint density at radius 1 is 1.45 bits per heavy atom. The fraction of sp³-hybridized carbons (Fsp3) is 0.385. The molecule has 3 rings (SSSR count). The molecule has 1 N–H and O–H groups in total. The van der Waals surface area contributed by atoms with E-state index in [9.17, 15) is 4.79 Å². The van der Waals surface area contributed by atoms with Gasteiger partial charge in [-0.3, -0.25) is 5.32 Å². The molecule has 0 radical (unpaired) electrons. The van der Waals surface area contributed by atoms with Crippen molar-refractivity contribution in [3.05, 3.63) is 35.1 Å². The largest absolute Gasteiger partial charge is 0.360 e. The Morgan fingerprint density at radius 3 is 3.05 bits per heavy atom. The number of anilines is 1.